The fourth-order valence-corrected chi connectivity index (χ4v) is 3.59. The maximum atomic E-state index is 12.8. The highest BCUT2D eigenvalue weighted by molar-refractivity contribution is 5.99. The van der Waals surface area contributed by atoms with Crippen LogP contribution in [0.15, 0.2) is 48.7 Å². The van der Waals surface area contributed by atoms with Crippen molar-refractivity contribution in [1.82, 2.24) is 9.88 Å². The fourth-order valence-electron chi connectivity index (χ4n) is 3.59. The van der Waals surface area contributed by atoms with E-state index in [9.17, 15) is 4.79 Å². The second-order valence-corrected chi connectivity index (χ2v) is 6.36. The van der Waals surface area contributed by atoms with Crippen LogP contribution in [0.1, 0.15) is 12.8 Å². The second-order valence-electron chi connectivity index (χ2n) is 6.36. The van der Waals surface area contributed by atoms with Crippen LogP contribution in [-0.4, -0.2) is 48.5 Å². The van der Waals surface area contributed by atoms with Crippen LogP contribution < -0.4 is 9.80 Å². The Morgan fingerprint density at radius 3 is 2.42 bits per heavy atom. The van der Waals surface area contributed by atoms with Crippen molar-refractivity contribution in [1.29, 1.82) is 0 Å². The van der Waals surface area contributed by atoms with Gasteiger partial charge in [-0.3, -0.25) is 9.69 Å². The van der Waals surface area contributed by atoms with E-state index in [1.807, 2.05) is 47.5 Å². The number of likely N-dealkylation sites (tertiary alicyclic amines) is 1. The van der Waals surface area contributed by atoms with Gasteiger partial charge in [-0.15, -0.1) is 0 Å². The van der Waals surface area contributed by atoms with Gasteiger partial charge in [-0.1, -0.05) is 18.2 Å². The highest BCUT2D eigenvalue weighted by Gasteiger charge is 2.29. The van der Waals surface area contributed by atoms with Crippen molar-refractivity contribution in [3.05, 3.63) is 48.7 Å². The molecule has 0 N–H and O–H groups in total. The van der Waals surface area contributed by atoms with Crippen molar-refractivity contribution < 1.29 is 4.79 Å². The number of pyridine rings is 1. The third-order valence-electron chi connectivity index (χ3n) is 4.79. The number of aromatic nitrogens is 1. The summed E-state index contributed by atoms with van der Waals surface area (Å²) in [5.74, 6) is 1.13. The van der Waals surface area contributed by atoms with Gasteiger partial charge in [0.25, 0.3) is 0 Å². The minimum atomic E-state index is 0.199. The van der Waals surface area contributed by atoms with Crippen LogP contribution in [0.5, 0.6) is 0 Å². The summed E-state index contributed by atoms with van der Waals surface area (Å²) in [4.78, 5) is 23.7. The summed E-state index contributed by atoms with van der Waals surface area (Å²) in [5.41, 5.74) is 2.04. The number of rotatable bonds is 3. The smallest absolute Gasteiger partial charge is 0.241 e. The van der Waals surface area contributed by atoms with E-state index in [0.717, 1.165) is 36.8 Å². The van der Waals surface area contributed by atoms with Gasteiger partial charge in [0.1, 0.15) is 5.82 Å². The zero-order valence-electron chi connectivity index (χ0n) is 13.8. The SMILES string of the molecule is O=C(CN1CCCC1)N1CCN(c2ccccn2)c2ccccc21. The number of nitrogens with zero attached hydrogens (tertiary/aromatic N) is 4. The molecule has 5 heteroatoms. The van der Waals surface area contributed by atoms with Gasteiger partial charge in [0.15, 0.2) is 0 Å². The molecule has 5 nitrogen and oxygen atoms in total. The molecule has 2 aliphatic heterocycles. The molecule has 1 fully saturated rings. The van der Waals surface area contributed by atoms with Crippen LogP contribution in [0, 0.1) is 0 Å². The standard InChI is InChI=1S/C19H22N4O/c24-19(15-21-11-5-6-12-21)23-14-13-22(18-9-3-4-10-20-18)16-7-1-2-8-17(16)23/h1-4,7-10H,5-6,11-15H2. The molecule has 1 amide bonds. The predicted molar refractivity (Wildman–Crippen MR) is 95.7 cm³/mol. The highest BCUT2D eigenvalue weighted by Crippen LogP contribution is 2.36. The molecule has 0 radical (unpaired) electrons. The van der Waals surface area contributed by atoms with E-state index in [1.54, 1.807) is 0 Å². The topological polar surface area (TPSA) is 39.7 Å². The molecule has 2 aromatic rings. The van der Waals surface area contributed by atoms with Crippen LogP contribution in [0.25, 0.3) is 0 Å². The van der Waals surface area contributed by atoms with E-state index in [2.05, 4.69) is 20.9 Å². The largest absolute Gasteiger partial charge is 0.323 e. The molecule has 24 heavy (non-hydrogen) atoms. The number of amides is 1. The maximum Gasteiger partial charge on any atom is 0.241 e. The van der Waals surface area contributed by atoms with E-state index in [1.165, 1.54) is 12.8 Å². The minimum absolute atomic E-state index is 0.199. The van der Waals surface area contributed by atoms with Gasteiger partial charge in [-0.05, 0) is 50.2 Å². The van der Waals surface area contributed by atoms with Crippen LogP contribution in [0.3, 0.4) is 0 Å². The Morgan fingerprint density at radius 1 is 0.917 bits per heavy atom. The third-order valence-corrected chi connectivity index (χ3v) is 4.79. The molecule has 0 bridgehead atoms. The molecule has 3 heterocycles. The molecular weight excluding hydrogens is 300 g/mol. The summed E-state index contributed by atoms with van der Waals surface area (Å²) >= 11 is 0. The Hall–Kier alpha value is -2.40. The average Bonchev–Trinajstić information content (AvgIpc) is 3.14. The van der Waals surface area contributed by atoms with Crippen LogP contribution >= 0.6 is 0 Å². The first-order valence-electron chi connectivity index (χ1n) is 8.63. The van der Waals surface area contributed by atoms with Crippen molar-refractivity contribution in [2.45, 2.75) is 12.8 Å². The van der Waals surface area contributed by atoms with Gasteiger partial charge in [0.2, 0.25) is 5.91 Å². The molecular formula is C19H22N4O. The number of fused-ring (bicyclic) bond motifs is 1. The molecule has 0 unspecified atom stereocenters. The third kappa shape index (κ3) is 2.87. The summed E-state index contributed by atoms with van der Waals surface area (Å²) in [6, 6.07) is 14.0. The number of carbonyl (C=O) groups excluding carboxylic acids is 1. The molecule has 0 aliphatic carbocycles. The van der Waals surface area contributed by atoms with Crippen LogP contribution in [0.4, 0.5) is 17.2 Å². The lowest BCUT2D eigenvalue weighted by molar-refractivity contribution is -0.119. The Kier molecular flexibility index (Phi) is 4.17. The predicted octanol–water partition coefficient (Wildman–Crippen LogP) is 2.66. The molecule has 1 saturated heterocycles. The van der Waals surface area contributed by atoms with Crippen molar-refractivity contribution in [2.24, 2.45) is 0 Å². The van der Waals surface area contributed by atoms with Crippen molar-refractivity contribution >= 4 is 23.1 Å². The number of anilines is 3. The number of para-hydroxylation sites is 2. The molecule has 1 aromatic heterocycles. The zero-order chi connectivity index (χ0) is 16.4. The van der Waals surface area contributed by atoms with Crippen LogP contribution in [0.2, 0.25) is 0 Å². The summed E-state index contributed by atoms with van der Waals surface area (Å²) in [6.07, 6.45) is 4.22. The highest BCUT2D eigenvalue weighted by atomic mass is 16.2. The fraction of sp³-hybridized carbons (Fsp3) is 0.368. The molecule has 124 valence electrons. The maximum absolute atomic E-state index is 12.8. The Balaban J connectivity index is 1.60. The molecule has 1 aromatic carbocycles. The normalized spacial score (nSPS) is 17.8. The van der Waals surface area contributed by atoms with Gasteiger partial charge in [-0.25, -0.2) is 4.98 Å². The second kappa shape index (κ2) is 6.61. The van der Waals surface area contributed by atoms with E-state index >= 15 is 0 Å². The van der Waals surface area contributed by atoms with E-state index < -0.39 is 0 Å². The number of carbonyl (C=O) groups is 1. The molecule has 0 atom stereocenters. The minimum Gasteiger partial charge on any atom is -0.323 e. The Bertz CT molecular complexity index is 712. The average molecular weight is 322 g/mol. The lowest BCUT2D eigenvalue weighted by Gasteiger charge is -2.37. The molecule has 2 aliphatic rings. The molecule has 4 rings (SSSR count). The number of benzene rings is 1. The molecule has 0 saturated carbocycles. The van der Waals surface area contributed by atoms with Gasteiger partial charge in [0.05, 0.1) is 17.9 Å². The first-order valence-corrected chi connectivity index (χ1v) is 8.63. The first kappa shape index (κ1) is 15.1. The summed E-state index contributed by atoms with van der Waals surface area (Å²) in [7, 11) is 0. The summed E-state index contributed by atoms with van der Waals surface area (Å²) in [5, 5.41) is 0. The number of hydrogen-bond donors (Lipinski definition) is 0. The van der Waals surface area contributed by atoms with Crippen molar-refractivity contribution in [3.63, 3.8) is 0 Å². The van der Waals surface area contributed by atoms with Crippen LogP contribution in [-0.2, 0) is 4.79 Å². The van der Waals surface area contributed by atoms with E-state index in [0.29, 0.717) is 13.1 Å². The number of hydrogen-bond acceptors (Lipinski definition) is 4. The van der Waals surface area contributed by atoms with Crippen molar-refractivity contribution in [2.75, 3.05) is 42.5 Å². The quantitative estimate of drug-likeness (QED) is 0.871. The van der Waals surface area contributed by atoms with Gasteiger partial charge in [0, 0.05) is 19.3 Å². The lowest BCUT2D eigenvalue weighted by Crippen LogP contribution is -2.46. The van der Waals surface area contributed by atoms with E-state index in [-0.39, 0.29) is 5.91 Å². The molecule has 0 spiro atoms. The summed E-state index contributed by atoms with van der Waals surface area (Å²) < 4.78 is 0. The van der Waals surface area contributed by atoms with Gasteiger partial charge >= 0.3 is 0 Å². The Labute approximate surface area is 142 Å². The van der Waals surface area contributed by atoms with E-state index in [4.69, 9.17) is 0 Å². The van der Waals surface area contributed by atoms with Crippen molar-refractivity contribution in [3.8, 4) is 0 Å². The first-order chi connectivity index (χ1) is 11.8. The Morgan fingerprint density at radius 2 is 1.67 bits per heavy atom. The zero-order valence-corrected chi connectivity index (χ0v) is 13.8. The van der Waals surface area contributed by atoms with Gasteiger partial charge in [-0.2, -0.15) is 0 Å². The monoisotopic (exact) mass is 322 g/mol. The lowest BCUT2D eigenvalue weighted by atomic mass is 10.1. The summed E-state index contributed by atoms with van der Waals surface area (Å²) in [6.45, 7) is 4.07. The van der Waals surface area contributed by atoms with Gasteiger partial charge < -0.3 is 9.80 Å².